The third-order valence-electron chi connectivity index (χ3n) is 4.20. The molecule has 1 aromatic heterocycles. The number of hydrazine groups is 1. The molecule has 0 radical (unpaired) electrons. The van der Waals surface area contributed by atoms with E-state index in [4.69, 9.17) is 5.84 Å². The molecule has 1 heterocycles. The molecule has 1 unspecified atom stereocenters. The van der Waals surface area contributed by atoms with E-state index < -0.39 is 17.8 Å². The second-order valence-corrected chi connectivity index (χ2v) is 5.62. The van der Waals surface area contributed by atoms with E-state index in [0.29, 0.717) is 5.92 Å². The predicted molar refractivity (Wildman–Crippen MR) is 70.4 cm³/mol. The van der Waals surface area contributed by atoms with Crippen LogP contribution in [0.25, 0.3) is 0 Å². The summed E-state index contributed by atoms with van der Waals surface area (Å²) < 4.78 is 39.2. The van der Waals surface area contributed by atoms with Crippen LogP contribution in [0, 0.1) is 11.8 Å². The second-order valence-electron chi connectivity index (χ2n) is 5.62. The SMILES string of the molecule is CC1CCC(C(NN)c2cnccc2C(F)(F)F)CC1. The molecule has 6 heteroatoms. The van der Waals surface area contributed by atoms with Gasteiger partial charge in [0.25, 0.3) is 0 Å². The van der Waals surface area contributed by atoms with Crippen molar-refractivity contribution in [2.75, 3.05) is 0 Å². The van der Waals surface area contributed by atoms with Crippen LogP contribution in [0.4, 0.5) is 13.2 Å². The summed E-state index contributed by atoms with van der Waals surface area (Å²) in [6.07, 6.45) is 1.92. The van der Waals surface area contributed by atoms with Gasteiger partial charge in [0.1, 0.15) is 0 Å². The van der Waals surface area contributed by atoms with Gasteiger partial charge < -0.3 is 0 Å². The first-order valence-electron chi connectivity index (χ1n) is 6.90. The zero-order chi connectivity index (χ0) is 14.8. The minimum Gasteiger partial charge on any atom is -0.271 e. The highest BCUT2D eigenvalue weighted by atomic mass is 19.4. The Bertz CT molecular complexity index is 440. The summed E-state index contributed by atoms with van der Waals surface area (Å²) in [5.41, 5.74) is 2.09. The van der Waals surface area contributed by atoms with Crippen molar-refractivity contribution in [1.29, 1.82) is 0 Å². The Morgan fingerprint density at radius 3 is 2.50 bits per heavy atom. The summed E-state index contributed by atoms with van der Waals surface area (Å²) in [6, 6.07) is 0.526. The van der Waals surface area contributed by atoms with Crippen LogP contribution < -0.4 is 11.3 Å². The van der Waals surface area contributed by atoms with E-state index in [2.05, 4.69) is 17.3 Å². The molecule has 0 saturated heterocycles. The lowest BCUT2D eigenvalue weighted by molar-refractivity contribution is -0.138. The largest absolute Gasteiger partial charge is 0.416 e. The second kappa shape index (κ2) is 6.10. The number of halogens is 3. The molecule has 20 heavy (non-hydrogen) atoms. The number of hydrogen-bond donors (Lipinski definition) is 2. The molecule has 112 valence electrons. The zero-order valence-electron chi connectivity index (χ0n) is 11.5. The number of alkyl halides is 3. The highest BCUT2D eigenvalue weighted by Gasteiger charge is 2.37. The van der Waals surface area contributed by atoms with Crippen molar-refractivity contribution in [2.45, 2.75) is 44.8 Å². The summed E-state index contributed by atoms with van der Waals surface area (Å²) in [4.78, 5) is 3.84. The maximum Gasteiger partial charge on any atom is 0.416 e. The minimum absolute atomic E-state index is 0.126. The first kappa shape index (κ1) is 15.3. The molecule has 0 amide bonds. The van der Waals surface area contributed by atoms with E-state index in [1.54, 1.807) is 0 Å². The van der Waals surface area contributed by atoms with E-state index in [-0.39, 0.29) is 11.5 Å². The Morgan fingerprint density at radius 2 is 1.95 bits per heavy atom. The molecule has 1 aliphatic rings. The third kappa shape index (κ3) is 3.30. The lowest BCUT2D eigenvalue weighted by Crippen LogP contribution is -2.36. The van der Waals surface area contributed by atoms with E-state index in [9.17, 15) is 13.2 Å². The van der Waals surface area contributed by atoms with Gasteiger partial charge in [-0.15, -0.1) is 0 Å². The van der Waals surface area contributed by atoms with Crippen LogP contribution in [0.1, 0.15) is 49.8 Å². The van der Waals surface area contributed by atoms with Crippen LogP contribution >= 0.6 is 0 Å². The van der Waals surface area contributed by atoms with Gasteiger partial charge in [-0.05, 0) is 30.7 Å². The fourth-order valence-electron chi connectivity index (χ4n) is 3.01. The summed E-state index contributed by atoms with van der Waals surface area (Å²) in [5.74, 6) is 6.30. The van der Waals surface area contributed by atoms with Gasteiger partial charge in [0.15, 0.2) is 0 Å². The molecule has 1 fully saturated rings. The lowest BCUT2D eigenvalue weighted by atomic mass is 9.77. The number of nitrogens with two attached hydrogens (primary N) is 1. The fourth-order valence-corrected chi connectivity index (χ4v) is 3.01. The van der Waals surface area contributed by atoms with Gasteiger partial charge in [-0.2, -0.15) is 13.2 Å². The van der Waals surface area contributed by atoms with Crippen LogP contribution in [0.5, 0.6) is 0 Å². The molecular weight excluding hydrogens is 267 g/mol. The van der Waals surface area contributed by atoms with E-state index in [1.807, 2.05) is 0 Å². The Kier molecular flexibility index (Phi) is 4.65. The molecule has 1 aliphatic carbocycles. The van der Waals surface area contributed by atoms with Crippen molar-refractivity contribution in [1.82, 2.24) is 10.4 Å². The molecule has 3 N–H and O–H groups in total. The van der Waals surface area contributed by atoms with Crippen molar-refractivity contribution >= 4 is 0 Å². The molecule has 3 nitrogen and oxygen atoms in total. The molecule has 1 atom stereocenters. The maximum absolute atomic E-state index is 13.1. The summed E-state index contributed by atoms with van der Waals surface area (Å²) in [5, 5.41) is 0. The van der Waals surface area contributed by atoms with Gasteiger partial charge in [-0.25, -0.2) is 0 Å². The van der Waals surface area contributed by atoms with Crippen LogP contribution in [0.3, 0.4) is 0 Å². The van der Waals surface area contributed by atoms with Crippen molar-refractivity contribution in [2.24, 2.45) is 17.7 Å². The fraction of sp³-hybridized carbons (Fsp3) is 0.643. The van der Waals surface area contributed by atoms with Gasteiger partial charge in [0.05, 0.1) is 11.6 Å². The smallest absolute Gasteiger partial charge is 0.271 e. The van der Waals surface area contributed by atoms with E-state index in [0.717, 1.165) is 31.7 Å². The van der Waals surface area contributed by atoms with Crippen molar-refractivity contribution in [3.63, 3.8) is 0 Å². The summed E-state index contributed by atoms with van der Waals surface area (Å²) in [7, 11) is 0. The monoisotopic (exact) mass is 287 g/mol. The number of rotatable bonds is 3. The van der Waals surface area contributed by atoms with Gasteiger partial charge >= 0.3 is 6.18 Å². The van der Waals surface area contributed by atoms with Crippen LogP contribution in [0.2, 0.25) is 0 Å². The average molecular weight is 287 g/mol. The number of hydrogen-bond acceptors (Lipinski definition) is 3. The molecular formula is C14H20F3N3. The maximum atomic E-state index is 13.1. The lowest BCUT2D eigenvalue weighted by Gasteiger charge is -2.33. The van der Waals surface area contributed by atoms with Gasteiger partial charge in [0.2, 0.25) is 0 Å². The zero-order valence-corrected chi connectivity index (χ0v) is 11.5. The number of aromatic nitrogens is 1. The van der Waals surface area contributed by atoms with Crippen molar-refractivity contribution in [3.8, 4) is 0 Å². The standard InChI is InChI=1S/C14H20F3N3/c1-9-2-4-10(5-3-9)13(20-18)11-8-19-7-6-12(11)14(15,16)17/h6-10,13,20H,2-5,18H2,1H3. The first-order chi connectivity index (χ1) is 9.43. The van der Waals surface area contributed by atoms with Crippen molar-refractivity contribution in [3.05, 3.63) is 29.6 Å². The number of nitrogens with one attached hydrogen (secondary N) is 1. The predicted octanol–water partition coefficient (Wildman–Crippen LogP) is 3.43. The van der Waals surface area contributed by atoms with Gasteiger partial charge in [-0.1, -0.05) is 19.8 Å². The van der Waals surface area contributed by atoms with Crippen molar-refractivity contribution < 1.29 is 13.2 Å². The quantitative estimate of drug-likeness (QED) is 0.661. The molecule has 1 aromatic rings. The molecule has 0 spiro atoms. The van der Waals surface area contributed by atoms with Crippen LogP contribution in [0.15, 0.2) is 18.5 Å². The molecule has 2 rings (SSSR count). The van der Waals surface area contributed by atoms with Crippen LogP contribution in [-0.2, 0) is 6.18 Å². The van der Waals surface area contributed by atoms with Crippen LogP contribution in [-0.4, -0.2) is 4.98 Å². The minimum atomic E-state index is -4.38. The van der Waals surface area contributed by atoms with Gasteiger partial charge in [0, 0.05) is 18.0 Å². The Morgan fingerprint density at radius 1 is 1.30 bits per heavy atom. The molecule has 0 bridgehead atoms. The molecule has 1 saturated carbocycles. The van der Waals surface area contributed by atoms with Gasteiger partial charge in [-0.3, -0.25) is 16.3 Å². The molecule has 0 aliphatic heterocycles. The first-order valence-corrected chi connectivity index (χ1v) is 6.90. The summed E-state index contributed by atoms with van der Waals surface area (Å²) in [6.45, 7) is 2.17. The normalized spacial score (nSPS) is 25.4. The Labute approximate surface area is 116 Å². The Hall–Kier alpha value is -1.14. The number of nitrogens with zero attached hydrogens (tertiary/aromatic N) is 1. The molecule has 0 aromatic carbocycles. The average Bonchev–Trinajstić information content (AvgIpc) is 2.41. The van der Waals surface area contributed by atoms with E-state index >= 15 is 0 Å². The van der Waals surface area contributed by atoms with E-state index in [1.165, 1.54) is 12.4 Å². The number of pyridine rings is 1. The summed E-state index contributed by atoms with van der Waals surface area (Å²) >= 11 is 0. The topological polar surface area (TPSA) is 50.9 Å². The highest BCUT2D eigenvalue weighted by Crippen LogP contribution is 2.40. The Balaban J connectivity index is 2.28. The third-order valence-corrected chi connectivity index (χ3v) is 4.20. The highest BCUT2D eigenvalue weighted by molar-refractivity contribution is 5.29.